The highest BCUT2D eigenvalue weighted by atomic mass is 127. The molecule has 1 heterocycles. The van der Waals surface area contributed by atoms with Crippen LogP contribution in [0, 0.1) is 7.14 Å². The predicted molar refractivity (Wildman–Crippen MR) is 139 cm³/mol. The van der Waals surface area contributed by atoms with Crippen molar-refractivity contribution in [1.82, 2.24) is 5.32 Å². The fourth-order valence-electron chi connectivity index (χ4n) is 2.87. The van der Waals surface area contributed by atoms with Crippen LogP contribution in [-0.2, 0) is 14.4 Å². The summed E-state index contributed by atoms with van der Waals surface area (Å²) in [5.74, 6) is -1.26. The number of halogens is 2. The number of anilines is 1. The normalized spacial score (nSPS) is 15.0. The second kappa shape index (κ2) is 10.6. The Morgan fingerprint density at radius 1 is 1.19 bits per heavy atom. The molecule has 3 rings (SSSR count). The lowest BCUT2D eigenvalue weighted by molar-refractivity contribution is -0.139. The van der Waals surface area contributed by atoms with Gasteiger partial charge in [-0.1, -0.05) is 6.07 Å². The monoisotopic (exact) mass is 678 g/mol. The first-order valence-electron chi connectivity index (χ1n) is 9.19. The van der Waals surface area contributed by atoms with E-state index in [4.69, 9.17) is 26.8 Å². The SMILES string of the molecule is CCOc1cccc(N2C(=O)/C(=C/c3cc(I)c(OCC(=O)O)c(I)c3)C(=O)NC2=S)c1. The number of ether oxygens (including phenoxy) is 2. The molecule has 166 valence electrons. The van der Waals surface area contributed by atoms with Crippen molar-refractivity contribution in [2.24, 2.45) is 0 Å². The summed E-state index contributed by atoms with van der Waals surface area (Å²) in [6.45, 7) is 1.85. The minimum Gasteiger partial charge on any atom is -0.494 e. The molecule has 0 radical (unpaired) electrons. The number of carbonyl (C=O) groups excluding carboxylic acids is 2. The second-order valence-electron chi connectivity index (χ2n) is 6.38. The topological polar surface area (TPSA) is 105 Å². The number of hydrogen-bond acceptors (Lipinski definition) is 6. The molecule has 1 aliphatic heterocycles. The Morgan fingerprint density at radius 3 is 2.50 bits per heavy atom. The van der Waals surface area contributed by atoms with Crippen LogP contribution in [0.5, 0.6) is 11.5 Å². The summed E-state index contributed by atoms with van der Waals surface area (Å²) in [6.07, 6.45) is 1.46. The van der Waals surface area contributed by atoms with E-state index in [1.807, 2.05) is 52.1 Å². The number of rotatable bonds is 7. The van der Waals surface area contributed by atoms with Crippen LogP contribution < -0.4 is 19.7 Å². The summed E-state index contributed by atoms with van der Waals surface area (Å²) >= 11 is 9.25. The molecule has 0 spiro atoms. The third kappa shape index (κ3) is 5.56. The minimum atomic E-state index is -1.09. The molecule has 32 heavy (non-hydrogen) atoms. The van der Waals surface area contributed by atoms with Crippen LogP contribution in [0.15, 0.2) is 42.0 Å². The van der Waals surface area contributed by atoms with Gasteiger partial charge in [0.2, 0.25) is 0 Å². The zero-order valence-electron chi connectivity index (χ0n) is 16.6. The summed E-state index contributed by atoms with van der Waals surface area (Å²) < 4.78 is 12.1. The Bertz CT molecular complexity index is 1130. The number of benzene rings is 2. The molecule has 2 aromatic rings. The number of nitrogens with zero attached hydrogens (tertiary/aromatic N) is 1. The van der Waals surface area contributed by atoms with E-state index in [-0.39, 0.29) is 10.7 Å². The highest BCUT2D eigenvalue weighted by molar-refractivity contribution is 14.1. The fourth-order valence-corrected chi connectivity index (χ4v) is 5.28. The van der Waals surface area contributed by atoms with Gasteiger partial charge in [-0.2, -0.15) is 0 Å². The van der Waals surface area contributed by atoms with E-state index in [2.05, 4.69) is 5.32 Å². The number of hydrogen-bond donors (Lipinski definition) is 2. The molecule has 0 atom stereocenters. The van der Waals surface area contributed by atoms with Gasteiger partial charge in [0.05, 0.1) is 19.4 Å². The minimum absolute atomic E-state index is 0.0209. The van der Waals surface area contributed by atoms with E-state index in [0.717, 1.165) is 0 Å². The summed E-state index contributed by atoms with van der Waals surface area (Å²) in [6, 6.07) is 10.3. The quantitative estimate of drug-likeness (QED) is 0.200. The van der Waals surface area contributed by atoms with E-state index >= 15 is 0 Å². The number of carboxylic acids is 1. The highest BCUT2D eigenvalue weighted by Crippen LogP contribution is 2.31. The van der Waals surface area contributed by atoms with Crippen LogP contribution in [-0.4, -0.2) is 41.2 Å². The molecule has 0 saturated carbocycles. The fraction of sp³-hybridized carbons (Fsp3) is 0.143. The Labute approximate surface area is 216 Å². The van der Waals surface area contributed by atoms with E-state index in [1.165, 1.54) is 11.0 Å². The molecule has 0 unspecified atom stereocenters. The lowest BCUT2D eigenvalue weighted by Crippen LogP contribution is -2.54. The zero-order valence-corrected chi connectivity index (χ0v) is 21.7. The van der Waals surface area contributed by atoms with Crippen LogP contribution in [0.1, 0.15) is 12.5 Å². The molecule has 1 saturated heterocycles. The third-order valence-electron chi connectivity index (χ3n) is 4.16. The molecule has 8 nitrogen and oxygen atoms in total. The van der Waals surface area contributed by atoms with Crippen LogP contribution in [0.4, 0.5) is 5.69 Å². The Kier molecular flexibility index (Phi) is 8.05. The van der Waals surface area contributed by atoms with Gasteiger partial charge in [0.25, 0.3) is 11.8 Å². The van der Waals surface area contributed by atoms with E-state index in [9.17, 15) is 14.4 Å². The van der Waals surface area contributed by atoms with Crippen molar-refractivity contribution in [2.45, 2.75) is 6.92 Å². The molecule has 0 aliphatic carbocycles. The van der Waals surface area contributed by atoms with Gasteiger partial charge in [0, 0.05) is 6.07 Å². The smallest absolute Gasteiger partial charge is 0.341 e. The number of thiocarbonyl (C=S) groups is 1. The third-order valence-corrected chi connectivity index (χ3v) is 6.05. The maximum atomic E-state index is 13.2. The van der Waals surface area contributed by atoms with Crippen LogP contribution in [0.25, 0.3) is 6.08 Å². The molecular formula is C21H16I2N2O6S. The van der Waals surface area contributed by atoms with E-state index in [1.54, 1.807) is 36.4 Å². The first-order chi connectivity index (χ1) is 15.2. The van der Waals surface area contributed by atoms with Gasteiger partial charge < -0.3 is 14.6 Å². The summed E-state index contributed by atoms with van der Waals surface area (Å²) in [5.41, 5.74) is 0.959. The van der Waals surface area contributed by atoms with Crippen LogP contribution in [0.2, 0.25) is 0 Å². The first kappa shape index (κ1) is 24.4. The number of nitrogens with one attached hydrogen (secondary N) is 1. The van der Waals surface area contributed by atoms with Crippen LogP contribution >= 0.6 is 57.4 Å². The molecule has 0 bridgehead atoms. The zero-order chi connectivity index (χ0) is 23.4. The van der Waals surface area contributed by atoms with Crippen molar-refractivity contribution in [1.29, 1.82) is 0 Å². The molecule has 2 N–H and O–H groups in total. The lowest BCUT2D eigenvalue weighted by Gasteiger charge is -2.29. The summed E-state index contributed by atoms with van der Waals surface area (Å²) in [7, 11) is 0. The molecule has 1 fully saturated rings. The molecule has 1 aliphatic rings. The number of carbonyl (C=O) groups is 3. The Hall–Kier alpha value is -2.26. The van der Waals surface area contributed by atoms with Crippen molar-refractivity contribution in [3.63, 3.8) is 0 Å². The maximum Gasteiger partial charge on any atom is 0.341 e. The van der Waals surface area contributed by atoms with Gasteiger partial charge in [0.1, 0.15) is 17.1 Å². The predicted octanol–water partition coefficient (Wildman–Crippen LogP) is 3.59. The van der Waals surface area contributed by atoms with Gasteiger partial charge in [-0.25, -0.2) is 4.79 Å². The van der Waals surface area contributed by atoms with E-state index in [0.29, 0.717) is 36.5 Å². The van der Waals surface area contributed by atoms with Gasteiger partial charge >= 0.3 is 5.97 Å². The van der Waals surface area contributed by atoms with Crippen molar-refractivity contribution in [3.05, 3.63) is 54.7 Å². The van der Waals surface area contributed by atoms with Crippen molar-refractivity contribution < 1.29 is 29.0 Å². The molecule has 11 heteroatoms. The van der Waals surface area contributed by atoms with Crippen molar-refractivity contribution in [2.75, 3.05) is 18.1 Å². The summed E-state index contributed by atoms with van der Waals surface area (Å²) in [5, 5.41) is 11.4. The van der Waals surface area contributed by atoms with Gasteiger partial charge in [-0.15, -0.1) is 0 Å². The Morgan fingerprint density at radius 2 is 1.88 bits per heavy atom. The van der Waals surface area contributed by atoms with Crippen LogP contribution in [0.3, 0.4) is 0 Å². The van der Waals surface area contributed by atoms with E-state index < -0.39 is 24.4 Å². The number of amides is 2. The number of carboxylic acid groups (broad SMARTS) is 1. The maximum absolute atomic E-state index is 13.2. The highest BCUT2D eigenvalue weighted by Gasteiger charge is 2.34. The van der Waals surface area contributed by atoms with Gasteiger partial charge in [0.15, 0.2) is 11.7 Å². The molecule has 2 amide bonds. The average molecular weight is 678 g/mol. The van der Waals surface area contributed by atoms with Crippen molar-refractivity contribution >= 4 is 92.1 Å². The summed E-state index contributed by atoms with van der Waals surface area (Å²) in [4.78, 5) is 37.8. The van der Waals surface area contributed by atoms with Gasteiger partial charge in [-0.05, 0) is 100 Å². The standard InChI is InChI=1S/C21H16I2N2O6S/c1-2-30-13-5-3-4-12(9-13)25-20(29)14(19(28)24-21(25)32)6-11-7-15(22)18(16(23)8-11)31-10-17(26)27/h3-9H,2,10H2,1H3,(H,26,27)(H,24,28,32)/b14-6+. The molecule has 2 aromatic carbocycles. The average Bonchev–Trinajstić information content (AvgIpc) is 2.71. The molecule has 0 aromatic heterocycles. The van der Waals surface area contributed by atoms with Crippen molar-refractivity contribution in [3.8, 4) is 11.5 Å². The number of aliphatic carboxylic acids is 1. The Balaban J connectivity index is 1.96. The largest absolute Gasteiger partial charge is 0.494 e. The second-order valence-corrected chi connectivity index (χ2v) is 9.10. The van der Waals surface area contributed by atoms with Gasteiger partial charge in [-0.3, -0.25) is 19.8 Å². The molecular weight excluding hydrogens is 662 g/mol. The lowest BCUT2D eigenvalue weighted by atomic mass is 10.1. The first-order valence-corrected chi connectivity index (χ1v) is 11.8.